The number of ether oxygens (including phenoxy) is 1. The zero-order valence-electron chi connectivity index (χ0n) is 13.1. The molecular formula is C16H13N5O4. The summed E-state index contributed by atoms with van der Waals surface area (Å²) in [5.74, 6) is -0.0151. The van der Waals surface area contributed by atoms with Crippen LogP contribution in [0.5, 0.6) is 11.5 Å². The minimum atomic E-state index is -0.691. The lowest BCUT2D eigenvalue weighted by Gasteiger charge is -2.05. The van der Waals surface area contributed by atoms with Gasteiger partial charge in [0.05, 0.1) is 18.2 Å². The maximum Gasteiger partial charge on any atom is 0.315 e. The van der Waals surface area contributed by atoms with Gasteiger partial charge in [-0.15, -0.1) is 10.2 Å². The molecule has 1 heterocycles. The number of benzene rings is 2. The molecule has 1 aromatic heterocycles. The molecule has 0 bridgehead atoms. The first-order chi connectivity index (χ1) is 12.1. The van der Waals surface area contributed by atoms with E-state index in [-0.39, 0.29) is 5.75 Å². The van der Waals surface area contributed by atoms with Crippen molar-refractivity contribution in [2.75, 3.05) is 7.11 Å². The highest BCUT2D eigenvalue weighted by atomic mass is 16.6. The fraction of sp³-hybridized carbons (Fsp3) is 0.0625. The van der Waals surface area contributed by atoms with Crippen LogP contribution in [-0.2, 0) is 0 Å². The fourth-order valence-electron chi connectivity index (χ4n) is 2.20. The number of nitro benzene ring substituents is 1. The number of aromatic nitrogens is 3. The number of nitro groups is 1. The van der Waals surface area contributed by atoms with Crippen molar-refractivity contribution in [3.05, 3.63) is 64.5 Å². The van der Waals surface area contributed by atoms with Crippen molar-refractivity contribution in [2.24, 2.45) is 5.10 Å². The van der Waals surface area contributed by atoms with E-state index in [9.17, 15) is 15.2 Å². The number of hydrogen-bond donors (Lipinski definition) is 1. The number of hydrogen-bond acceptors (Lipinski definition) is 7. The number of methoxy groups -OCH3 is 1. The van der Waals surface area contributed by atoms with Crippen LogP contribution in [0.1, 0.15) is 5.56 Å². The molecule has 0 amide bonds. The summed E-state index contributed by atoms with van der Waals surface area (Å²) in [5.41, 5.74) is 0.744. The maximum atomic E-state index is 11.0. The third kappa shape index (κ3) is 3.29. The van der Waals surface area contributed by atoms with Crippen LogP contribution in [0, 0.1) is 10.1 Å². The van der Waals surface area contributed by atoms with Crippen LogP contribution >= 0.6 is 0 Å². The van der Waals surface area contributed by atoms with Crippen LogP contribution in [0.15, 0.2) is 53.9 Å². The molecule has 0 saturated heterocycles. The van der Waals surface area contributed by atoms with Gasteiger partial charge in [-0.05, 0) is 6.07 Å². The molecule has 0 spiro atoms. The lowest BCUT2D eigenvalue weighted by Crippen LogP contribution is -1.96. The predicted molar refractivity (Wildman–Crippen MR) is 89.8 cm³/mol. The number of rotatable bonds is 5. The van der Waals surface area contributed by atoms with E-state index in [2.05, 4.69) is 15.3 Å². The van der Waals surface area contributed by atoms with Crippen LogP contribution in [0.3, 0.4) is 0 Å². The molecule has 0 aliphatic rings. The van der Waals surface area contributed by atoms with Crippen LogP contribution in [0.2, 0.25) is 0 Å². The molecule has 9 nitrogen and oxygen atoms in total. The zero-order chi connectivity index (χ0) is 17.8. The Morgan fingerprint density at radius 3 is 2.76 bits per heavy atom. The molecule has 2 aromatic carbocycles. The van der Waals surface area contributed by atoms with E-state index in [1.165, 1.54) is 36.5 Å². The maximum absolute atomic E-state index is 11.0. The summed E-state index contributed by atoms with van der Waals surface area (Å²) in [6, 6.07) is 12.0. The Morgan fingerprint density at radius 2 is 2.08 bits per heavy atom. The van der Waals surface area contributed by atoms with E-state index < -0.39 is 16.4 Å². The first kappa shape index (κ1) is 16.1. The average Bonchev–Trinajstić information content (AvgIpc) is 3.10. The molecule has 1 N–H and O–H groups in total. The number of aromatic hydroxyl groups is 1. The number of phenols is 1. The van der Waals surface area contributed by atoms with Gasteiger partial charge in [-0.3, -0.25) is 10.1 Å². The molecule has 9 heteroatoms. The molecule has 3 aromatic rings. The van der Waals surface area contributed by atoms with E-state index in [1.54, 1.807) is 0 Å². The normalized spacial score (nSPS) is 10.9. The van der Waals surface area contributed by atoms with Gasteiger partial charge in [0.2, 0.25) is 5.75 Å². The molecular weight excluding hydrogens is 326 g/mol. The third-order valence-electron chi connectivity index (χ3n) is 3.39. The molecule has 0 radical (unpaired) electrons. The molecule has 3 rings (SSSR count). The average molecular weight is 339 g/mol. The summed E-state index contributed by atoms with van der Waals surface area (Å²) in [7, 11) is 1.31. The van der Waals surface area contributed by atoms with Gasteiger partial charge in [-0.2, -0.15) is 9.78 Å². The molecule has 126 valence electrons. The minimum absolute atomic E-state index is 0.0114. The van der Waals surface area contributed by atoms with Gasteiger partial charge in [0.25, 0.3) is 0 Å². The van der Waals surface area contributed by atoms with Crippen molar-refractivity contribution in [3.63, 3.8) is 0 Å². The van der Waals surface area contributed by atoms with E-state index in [4.69, 9.17) is 4.74 Å². The number of phenolic OH excluding ortho intramolecular Hbond substituents is 1. The second-order valence-corrected chi connectivity index (χ2v) is 4.96. The molecule has 0 atom stereocenters. The van der Waals surface area contributed by atoms with Crippen molar-refractivity contribution in [1.82, 2.24) is 14.9 Å². The van der Waals surface area contributed by atoms with Crippen LogP contribution in [-0.4, -0.2) is 38.2 Å². The predicted octanol–water partition coefficient (Wildman–Crippen LogP) is 2.45. The van der Waals surface area contributed by atoms with Gasteiger partial charge in [0.1, 0.15) is 6.33 Å². The van der Waals surface area contributed by atoms with E-state index >= 15 is 0 Å². The van der Waals surface area contributed by atoms with Crippen molar-refractivity contribution in [2.45, 2.75) is 0 Å². The van der Waals surface area contributed by atoms with Crippen molar-refractivity contribution in [3.8, 4) is 22.9 Å². The quantitative estimate of drug-likeness (QED) is 0.433. The molecule has 0 unspecified atom stereocenters. The summed E-state index contributed by atoms with van der Waals surface area (Å²) in [5, 5.41) is 32.9. The van der Waals surface area contributed by atoms with Gasteiger partial charge in [-0.25, -0.2) is 0 Å². The first-order valence-electron chi connectivity index (χ1n) is 7.15. The Kier molecular flexibility index (Phi) is 4.38. The van der Waals surface area contributed by atoms with E-state index in [1.807, 2.05) is 30.3 Å². The summed E-state index contributed by atoms with van der Waals surface area (Å²) >= 11 is 0. The summed E-state index contributed by atoms with van der Waals surface area (Å²) < 4.78 is 6.40. The Bertz CT molecular complexity index is 937. The molecule has 0 fully saturated rings. The molecule has 0 saturated carbocycles. The third-order valence-corrected chi connectivity index (χ3v) is 3.39. The standard InChI is InChI=1S/C16H13N5O4/c1-25-14-8-11(7-13(15(14)22)21(23)24)9-18-20-10-17-19-16(20)12-5-3-2-4-6-12/h2-10,22H,1H3/b18-9-. The lowest BCUT2D eigenvalue weighted by atomic mass is 10.2. The molecule has 0 aliphatic carbocycles. The van der Waals surface area contributed by atoms with Gasteiger partial charge < -0.3 is 9.84 Å². The lowest BCUT2D eigenvalue weighted by molar-refractivity contribution is -0.386. The Balaban J connectivity index is 1.98. The summed E-state index contributed by atoms with van der Waals surface area (Å²) in [4.78, 5) is 10.3. The Hall–Kier alpha value is -3.75. The summed E-state index contributed by atoms with van der Waals surface area (Å²) in [6.45, 7) is 0. The van der Waals surface area contributed by atoms with Crippen molar-refractivity contribution < 1.29 is 14.8 Å². The monoisotopic (exact) mass is 339 g/mol. The van der Waals surface area contributed by atoms with Crippen LogP contribution in [0.25, 0.3) is 11.4 Å². The second-order valence-electron chi connectivity index (χ2n) is 4.96. The van der Waals surface area contributed by atoms with E-state index in [0.717, 1.165) is 5.56 Å². The highest BCUT2D eigenvalue weighted by Gasteiger charge is 2.19. The largest absolute Gasteiger partial charge is 0.500 e. The highest BCUT2D eigenvalue weighted by molar-refractivity contribution is 5.83. The second kappa shape index (κ2) is 6.79. The first-order valence-corrected chi connectivity index (χ1v) is 7.15. The molecule has 25 heavy (non-hydrogen) atoms. The van der Waals surface area contributed by atoms with Crippen molar-refractivity contribution in [1.29, 1.82) is 0 Å². The Labute approximate surface area is 142 Å². The topological polar surface area (TPSA) is 116 Å². The highest BCUT2D eigenvalue weighted by Crippen LogP contribution is 2.36. The SMILES string of the molecule is COc1cc(/C=N\n2cnnc2-c2ccccc2)cc([N+](=O)[O-])c1O. The zero-order valence-corrected chi connectivity index (χ0v) is 13.1. The van der Waals surface area contributed by atoms with Crippen LogP contribution < -0.4 is 4.74 Å². The number of nitrogens with zero attached hydrogens (tertiary/aromatic N) is 5. The Morgan fingerprint density at radius 1 is 1.32 bits per heavy atom. The summed E-state index contributed by atoms with van der Waals surface area (Å²) in [6.07, 6.45) is 2.82. The van der Waals surface area contributed by atoms with Gasteiger partial charge in [0, 0.05) is 17.2 Å². The fourth-order valence-corrected chi connectivity index (χ4v) is 2.20. The van der Waals surface area contributed by atoms with Gasteiger partial charge in [-0.1, -0.05) is 30.3 Å². The molecule has 0 aliphatic heterocycles. The minimum Gasteiger partial charge on any atom is -0.500 e. The van der Waals surface area contributed by atoms with Gasteiger partial charge in [0.15, 0.2) is 11.6 Å². The van der Waals surface area contributed by atoms with Crippen molar-refractivity contribution >= 4 is 11.9 Å². The van der Waals surface area contributed by atoms with Crippen LogP contribution in [0.4, 0.5) is 5.69 Å². The smallest absolute Gasteiger partial charge is 0.315 e. The van der Waals surface area contributed by atoms with Gasteiger partial charge >= 0.3 is 5.69 Å². The van der Waals surface area contributed by atoms with E-state index in [0.29, 0.717) is 11.4 Å².